The quantitative estimate of drug-likeness (QED) is 0.467. The van der Waals surface area contributed by atoms with Crippen molar-refractivity contribution in [3.05, 3.63) is 66.0 Å². The highest BCUT2D eigenvalue weighted by Gasteiger charge is 2.11. The molecule has 5 N–H and O–H groups in total. The molecule has 0 saturated carbocycles. The topological polar surface area (TPSA) is 114 Å². The van der Waals surface area contributed by atoms with Gasteiger partial charge >= 0.3 is 0 Å². The smallest absolute Gasteiger partial charge is 0.269 e. The van der Waals surface area contributed by atoms with Gasteiger partial charge in [-0.2, -0.15) is 0 Å². The van der Waals surface area contributed by atoms with Crippen LogP contribution in [0.2, 0.25) is 0 Å². The molecule has 0 atom stereocenters. The van der Waals surface area contributed by atoms with E-state index in [4.69, 9.17) is 10.5 Å². The Morgan fingerprint density at radius 1 is 1.04 bits per heavy atom. The Balaban J connectivity index is 1.67. The van der Waals surface area contributed by atoms with Gasteiger partial charge in [0.05, 0.1) is 7.11 Å². The van der Waals surface area contributed by atoms with Crippen LogP contribution in [0.15, 0.2) is 54.9 Å². The van der Waals surface area contributed by atoms with Gasteiger partial charge in [-0.3, -0.25) is 15.6 Å². The van der Waals surface area contributed by atoms with Crippen molar-refractivity contribution in [2.75, 3.05) is 23.6 Å². The molecule has 28 heavy (non-hydrogen) atoms. The molecule has 8 nitrogen and oxygen atoms in total. The van der Waals surface area contributed by atoms with Crippen LogP contribution in [0.3, 0.4) is 0 Å². The number of hydrogen-bond acceptors (Lipinski definition) is 7. The minimum atomic E-state index is -0.328. The number of nitrogens with one attached hydrogen (secondary N) is 3. The summed E-state index contributed by atoms with van der Waals surface area (Å²) in [5.41, 5.74) is 14.3. The number of nitrogens with two attached hydrogens (primary N) is 1. The second kappa shape index (κ2) is 8.72. The highest BCUT2D eigenvalue weighted by Crippen LogP contribution is 2.25. The van der Waals surface area contributed by atoms with Gasteiger partial charge in [-0.15, -0.1) is 0 Å². The Hall–Kier alpha value is -3.81. The number of amides is 1. The van der Waals surface area contributed by atoms with Crippen LogP contribution in [0, 0.1) is 0 Å². The molecule has 1 amide bonds. The van der Waals surface area contributed by atoms with Crippen LogP contribution < -0.4 is 26.6 Å². The third-order valence-electron chi connectivity index (χ3n) is 4.16. The maximum absolute atomic E-state index is 12.3. The van der Waals surface area contributed by atoms with E-state index in [-0.39, 0.29) is 11.6 Å². The van der Waals surface area contributed by atoms with Crippen molar-refractivity contribution >= 4 is 28.9 Å². The predicted molar refractivity (Wildman–Crippen MR) is 110 cm³/mol. The van der Waals surface area contributed by atoms with E-state index in [1.54, 1.807) is 31.4 Å². The van der Waals surface area contributed by atoms with Crippen molar-refractivity contribution in [2.45, 2.75) is 13.3 Å². The van der Waals surface area contributed by atoms with E-state index in [1.807, 2.05) is 24.3 Å². The molecule has 0 spiro atoms. The highest BCUT2D eigenvalue weighted by molar-refractivity contribution is 5.95. The van der Waals surface area contributed by atoms with E-state index in [2.05, 4.69) is 33.1 Å². The largest absolute Gasteiger partial charge is 0.497 e. The zero-order chi connectivity index (χ0) is 19.9. The van der Waals surface area contributed by atoms with Crippen molar-refractivity contribution in [1.82, 2.24) is 15.4 Å². The maximum atomic E-state index is 12.3. The molecular formula is C20H22N6O2. The third-order valence-corrected chi connectivity index (χ3v) is 4.16. The summed E-state index contributed by atoms with van der Waals surface area (Å²) < 4.78 is 5.08. The van der Waals surface area contributed by atoms with Gasteiger partial charge in [0.15, 0.2) is 11.6 Å². The lowest BCUT2D eigenvalue weighted by Crippen LogP contribution is -2.30. The molecule has 1 heterocycles. The SMILES string of the molecule is CCc1ccc(Nc2ncnc(NNC(=O)c3ccc(OC)cc3)c2N)cc1. The van der Waals surface area contributed by atoms with E-state index in [9.17, 15) is 4.79 Å². The monoisotopic (exact) mass is 378 g/mol. The van der Waals surface area contributed by atoms with Crippen molar-refractivity contribution < 1.29 is 9.53 Å². The number of anilines is 4. The summed E-state index contributed by atoms with van der Waals surface area (Å²) in [6.45, 7) is 2.10. The predicted octanol–water partition coefficient (Wildman–Crippen LogP) is 3.13. The van der Waals surface area contributed by atoms with Gasteiger partial charge in [0, 0.05) is 11.3 Å². The molecule has 0 unspecified atom stereocenters. The van der Waals surface area contributed by atoms with Gasteiger partial charge in [-0.1, -0.05) is 19.1 Å². The first kappa shape index (κ1) is 19.0. The molecule has 3 aromatic rings. The first-order valence-corrected chi connectivity index (χ1v) is 8.77. The highest BCUT2D eigenvalue weighted by atomic mass is 16.5. The Morgan fingerprint density at radius 2 is 1.71 bits per heavy atom. The van der Waals surface area contributed by atoms with E-state index < -0.39 is 0 Å². The molecule has 0 bridgehead atoms. The van der Waals surface area contributed by atoms with Gasteiger partial charge in [0.1, 0.15) is 17.8 Å². The Morgan fingerprint density at radius 3 is 2.36 bits per heavy atom. The summed E-state index contributed by atoms with van der Waals surface area (Å²) in [4.78, 5) is 20.5. The van der Waals surface area contributed by atoms with Crippen molar-refractivity contribution in [3.8, 4) is 5.75 Å². The normalized spacial score (nSPS) is 10.2. The lowest BCUT2D eigenvalue weighted by molar-refractivity contribution is 0.0962. The fourth-order valence-corrected chi connectivity index (χ4v) is 2.49. The van der Waals surface area contributed by atoms with Gasteiger partial charge in [0.25, 0.3) is 5.91 Å². The van der Waals surface area contributed by atoms with Crippen LogP contribution >= 0.6 is 0 Å². The molecule has 3 rings (SSSR count). The molecule has 8 heteroatoms. The Labute approximate surface area is 163 Å². The number of aryl methyl sites for hydroxylation is 1. The number of hydrazine groups is 1. The molecule has 2 aromatic carbocycles. The molecule has 0 radical (unpaired) electrons. The minimum absolute atomic E-state index is 0.289. The molecule has 0 aliphatic heterocycles. The molecule has 1 aromatic heterocycles. The Kier molecular flexibility index (Phi) is 5.91. The van der Waals surface area contributed by atoms with Crippen LogP contribution in [0.25, 0.3) is 0 Å². The molecule has 0 aliphatic carbocycles. The maximum Gasteiger partial charge on any atom is 0.269 e. The van der Waals surface area contributed by atoms with Crippen LogP contribution in [-0.2, 0) is 6.42 Å². The second-order valence-corrected chi connectivity index (χ2v) is 5.97. The number of nitrogen functional groups attached to an aromatic ring is 1. The zero-order valence-corrected chi connectivity index (χ0v) is 15.7. The van der Waals surface area contributed by atoms with Crippen LogP contribution in [0.1, 0.15) is 22.8 Å². The van der Waals surface area contributed by atoms with E-state index in [1.165, 1.54) is 11.9 Å². The van der Waals surface area contributed by atoms with E-state index in [0.717, 1.165) is 12.1 Å². The number of methoxy groups -OCH3 is 1. The number of ether oxygens (including phenoxy) is 1. The molecular weight excluding hydrogens is 356 g/mol. The van der Waals surface area contributed by atoms with Gasteiger partial charge in [-0.05, 0) is 48.4 Å². The number of rotatable bonds is 7. The van der Waals surface area contributed by atoms with Crippen LogP contribution in [0.4, 0.5) is 23.0 Å². The van der Waals surface area contributed by atoms with Crippen molar-refractivity contribution in [2.24, 2.45) is 0 Å². The summed E-state index contributed by atoms with van der Waals surface area (Å²) in [5, 5.41) is 3.15. The van der Waals surface area contributed by atoms with E-state index >= 15 is 0 Å². The number of carbonyl (C=O) groups is 1. The summed E-state index contributed by atoms with van der Waals surface area (Å²) in [6, 6.07) is 14.7. The average molecular weight is 378 g/mol. The standard InChI is InChI=1S/C20H22N6O2/c1-3-13-4-8-15(9-5-13)24-18-17(21)19(23-12-22-18)25-26-20(27)14-6-10-16(28-2)11-7-14/h4-12H,3,21H2,1-2H3,(H,26,27)(H2,22,23,24,25). The van der Waals surface area contributed by atoms with Crippen LogP contribution in [-0.4, -0.2) is 23.0 Å². The molecule has 144 valence electrons. The van der Waals surface area contributed by atoms with Gasteiger partial charge < -0.3 is 15.8 Å². The lowest BCUT2D eigenvalue weighted by Gasteiger charge is -2.13. The van der Waals surface area contributed by atoms with Crippen molar-refractivity contribution in [1.29, 1.82) is 0 Å². The summed E-state index contributed by atoms with van der Waals surface area (Å²) in [5.74, 6) is 1.09. The van der Waals surface area contributed by atoms with Gasteiger partial charge in [0.2, 0.25) is 0 Å². The summed E-state index contributed by atoms with van der Waals surface area (Å²) in [7, 11) is 1.57. The summed E-state index contributed by atoms with van der Waals surface area (Å²) in [6.07, 6.45) is 2.33. The second-order valence-electron chi connectivity index (χ2n) is 5.97. The van der Waals surface area contributed by atoms with Crippen LogP contribution in [0.5, 0.6) is 5.75 Å². The number of aromatic nitrogens is 2. The lowest BCUT2D eigenvalue weighted by atomic mass is 10.1. The fraction of sp³-hybridized carbons (Fsp3) is 0.150. The summed E-state index contributed by atoms with van der Waals surface area (Å²) >= 11 is 0. The molecule has 0 fully saturated rings. The number of carbonyl (C=O) groups excluding carboxylic acids is 1. The third kappa shape index (κ3) is 4.47. The number of hydrogen-bond donors (Lipinski definition) is 4. The fourth-order valence-electron chi connectivity index (χ4n) is 2.49. The molecule has 0 saturated heterocycles. The minimum Gasteiger partial charge on any atom is -0.497 e. The number of benzene rings is 2. The first-order valence-electron chi connectivity index (χ1n) is 8.77. The average Bonchev–Trinajstić information content (AvgIpc) is 2.74. The molecule has 0 aliphatic rings. The zero-order valence-electron chi connectivity index (χ0n) is 15.7. The van der Waals surface area contributed by atoms with Gasteiger partial charge in [-0.25, -0.2) is 9.97 Å². The number of nitrogens with zero attached hydrogens (tertiary/aromatic N) is 2. The first-order chi connectivity index (χ1) is 13.6. The van der Waals surface area contributed by atoms with Crippen molar-refractivity contribution in [3.63, 3.8) is 0 Å². The Bertz CT molecular complexity index is 942. The van der Waals surface area contributed by atoms with E-state index in [0.29, 0.717) is 22.9 Å².